The zero-order valence-corrected chi connectivity index (χ0v) is 17.1. The summed E-state index contributed by atoms with van der Waals surface area (Å²) in [6, 6.07) is 17.0. The van der Waals surface area contributed by atoms with Crippen molar-refractivity contribution >= 4 is 34.8 Å². The lowest BCUT2D eigenvalue weighted by molar-refractivity contribution is -0.117. The summed E-state index contributed by atoms with van der Waals surface area (Å²) in [6.07, 6.45) is -0.701. The van der Waals surface area contributed by atoms with Gasteiger partial charge in [-0.2, -0.15) is 0 Å². The molecule has 28 heavy (non-hydrogen) atoms. The molecule has 1 N–H and O–H groups in total. The van der Waals surface area contributed by atoms with E-state index in [1.54, 1.807) is 24.3 Å². The summed E-state index contributed by atoms with van der Waals surface area (Å²) in [5.41, 5.74) is 5.13. The lowest BCUT2D eigenvalue weighted by atomic mass is 10.1. The van der Waals surface area contributed by atoms with E-state index >= 15 is 0 Å². The molecule has 2 heterocycles. The number of hydrogen-bond acceptors (Lipinski definition) is 2. The number of epoxide rings is 1. The Morgan fingerprint density at radius 1 is 1.07 bits per heavy atom. The number of hydrogen-bond donors (Lipinski definition) is 1. The maximum absolute atomic E-state index is 12.5. The summed E-state index contributed by atoms with van der Waals surface area (Å²) >= 11 is 11.9. The zero-order chi connectivity index (χ0) is 19.8. The minimum absolute atomic E-state index is 0.158. The minimum atomic E-state index is -0.483. The fraction of sp³-hybridized carbons (Fsp3) is 0.227. The first-order valence-corrected chi connectivity index (χ1v) is 9.81. The molecule has 0 saturated carbocycles. The SMILES string of the molecule is Cc1cc(C2OC2C(=O)Nc2cccc(Cl)c2)c(C)n1Cc1ccc(Cl)cc1. The number of carbonyl (C=O) groups excluding carboxylic acids is 1. The topological polar surface area (TPSA) is 46.6 Å². The average molecular weight is 415 g/mol. The molecule has 144 valence electrons. The lowest BCUT2D eigenvalue weighted by Gasteiger charge is -2.10. The highest BCUT2D eigenvalue weighted by molar-refractivity contribution is 6.31. The maximum Gasteiger partial charge on any atom is 0.256 e. The van der Waals surface area contributed by atoms with Crippen LogP contribution in [0.15, 0.2) is 54.6 Å². The Morgan fingerprint density at radius 3 is 2.54 bits per heavy atom. The van der Waals surface area contributed by atoms with Crippen LogP contribution >= 0.6 is 23.2 Å². The van der Waals surface area contributed by atoms with Crippen LogP contribution in [0.1, 0.15) is 28.6 Å². The van der Waals surface area contributed by atoms with Crippen LogP contribution in [0.2, 0.25) is 10.0 Å². The molecule has 0 radical (unpaired) electrons. The van der Waals surface area contributed by atoms with E-state index in [4.69, 9.17) is 27.9 Å². The van der Waals surface area contributed by atoms with Crippen molar-refractivity contribution in [2.45, 2.75) is 32.6 Å². The van der Waals surface area contributed by atoms with Crippen molar-refractivity contribution in [2.75, 3.05) is 5.32 Å². The largest absolute Gasteiger partial charge is 0.354 e. The molecular formula is C22H20Cl2N2O2. The van der Waals surface area contributed by atoms with Crippen LogP contribution in [0.25, 0.3) is 0 Å². The predicted molar refractivity (Wildman–Crippen MR) is 112 cm³/mol. The number of ether oxygens (including phenoxy) is 1. The van der Waals surface area contributed by atoms with Gasteiger partial charge in [0.05, 0.1) is 0 Å². The molecule has 3 aromatic rings. The summed E-state index contributed by atoms with van der Waals surface area (Å²) in [5, 5.41) is 4.17. The second-order valence-corrected chi connectivity index (χ2v) is 7.89. The molecule has 6 heteroatoms. The first-order chi connectivity index (χ1) is 13.4. The lowest BCUT2D eigenvalue weighted by Crippen LogP contribution is -2.18. The van der Waals surface area contributed by atoms with Crippen LogP contribution < -0.4 is 5.32 Å². The number of carbonyl (C=O) groups is 1. The molecule has 2 atom stereocenters. The van der Waals surface area contributed by atoms with Crippen LogP contribution in [-0.4, -0.2) is 16.6 Å². The van der Waals surface area contributed by atoms with E-state index in [0.29, 0.717) is 10.7 Å². The van der Waals surface area contributed by atoms with Crippen LogP contribution in [-0.2, 0) is 16.1 Å². The van der Waals surface area contributed by atoms with Gasteiger partial charge in [0, 0.05) is 39.2 Å². The van der Waals surface area contributed by atoms with Crippen molar-refractivity contribution in [3.8, 4) is 0 Å². The Hall–Kier alpha value is -2.27. The molecule has 1 fully saturated rings. The first-order valence-electron chi connectivity index (χ1n) is 9.05. The summed E-state index contributed by atoms with van der Waals surface area (Å²) in [5.74, 6) is -0.158. The van der Waals surface area contributed by atoms with E-state index in [0.717, 1.165) is 28.5 Å². The van der Waals surface area contributed by atoms with E-state index < -0.39 is 6.10 Å². The number of anilines is 1. The third-order valence-corrected chi connectivity index (χ3v) is 5.50. The Morgan fingerprint density at radius 2 is 1.82 bits per heavy atom. The van der Waals surface area contributed by atoms with Gasteiger partial charge in [0.15, 0.2) is 6.10 Å². The predicted octanol–water partition coefficient (Wildman–Crippen LogP) is 5.54. The monoisotopic (exact) mass is 414 g/mol. The van der Waals surface area contributed by atoms with Gasteiger partial charge in [-0.05, 0) is 55.8 Å². The molecule has 4 rings (SSSR count). The fourth-order valence-electron chi connectivity index (χ4n) is 3.46. The number of aryl methyl sites for hydroxylation is 1. The van der Waals surface area contributed by atoms with E-state index in [1.165, 1.54) is 5.56 Å². The standard InChI is InChI=1S/C22H20Cl2N2O2/c1-13-10-19(14(2)26(13)12-15-6-8-16(23)9-7-15)20-21(28-20)22(27)25-18-5-3-4-17(24)11-18/h3-11,20-21H,12H2,1-2H3,(H,25,27). The van der Waals surface area contributed by atoms with E-state index in [9.17, 15) is 4.79 Å². The zero-order valence-electron chi connectivity index (χ0n) is 15.6. The molecular weight excluding hydrogens is 395 g/mol. The van der Waals surface area contributed by atoms with Crippen molar-refractivity contribution in [1.82, 2.24) is 4.57 Å². The number of halogens is 2. The molecule has 1 aliphatic rings. The van der Waals surface area contributed by atoms with Gasteiger partial charge >= 0.3 is 0 Å². The number of nitrogens with one attached hydrogen (secondary N) is 1. The van der Waals surface area contributed by atoms with E-state index in [-0.39, 0.29) is 12.0 Å². The highest BCUT2D eigenvalue weighted by Crippen LogP contribution is 2.42. The van der Waals surface area contributed by atoms with Crippen molar-refractivity contribution in [3.63, 3.8) is 0 Å². The quantitative estimate of drug-likeness (QED) is 0.557. The molecule has 1 saturated heterocycles. The number of amides is 1. The Labute approximate surface area is 174 Å². The molecule has 4 nitrogen and oxygen atoms in total. The van der Waals surface area contributed by atoms with Gasteiger partial charge in [0.1, 0.15) is 6.10 Å². The number of nitrogens with zero attached hydrogens (tertiary/aromatic N) is 1. The normalized spacial score (nSPS) is 18.1. The molecule has 0 aliphatic carbocycles. The molecule has 1 amide bonds. The van der Waals surface area contributed by atoms with Gasteiger partial charge in [0.2, 0.25) is 0 Å². The highest BCUT2D eigenvalue weighted by atomic mass is 35.5. The van der Waals surface area contributed by atoms with Crippen LogP contribution in [0, 0.1) is 13.8 Å². The molecule has 1 aliphatic heterocycles. The molecule has 0 bridgehead atoms. The van der Waals surface area contributed by atoms with Crippen LogP contribution in [0.3, 0.4) is 0 Å². The Kier molecular flexibility index (Phi) is 5.19. The summed E-state index contributed by atoms with van der Waals surface area (Å²) in [4.78, 5) is 12.5. The molecule has 2 aromatic carbocycles. The van der Waals surface area contributed by atoms with Gasteiger partial charge in [-0.15, -0.1) is 0 Å². The summed E-state index contributed by atoms with van der Waals surface area (Å²) in [7, 11) is 0. The van der Waals surface area contributed by atoms with Gasteiger partial charge in [-0.3, -0.25) is 4.79 Å². The van der Waals surface area contributed by atoms with E-state index in [1.807, 2.05) is 24.3 Å². The van der Waals surface area contributed by atoms with Crippen molar-refractivity contribution in [2.24, 2.45) is 0 Å². The van der Waals surface area contributed by atoms with Gasteiger partial charge in [0.25, 0.3) is 5.91 Å². The highest BCUT2D eigenvalue weighted by Gasteiger charge is 2.47. The van der Waals surface area contributed by atoms with Crippen molar-refractivity contribution < 1.29 is 9.53 Å². The number of benzene rings is 2. The second-order valence-electron chi connectivity index (χ2n) is 7.02. The summed E-state index contributed by atoms with van der Waals surface area (Å²) < 4.78 is 7.93. The molecule has 2 unspecified atom stereocenters. The summed E-state index contributed by atoms with van der Waals surface area (Å²) in [6.45, 7) is 4.88. The average Bonchev–Trinajstić information content (AvgIpc) is 3.40. The Balaban J connectivity index is 1.47. The Bertz CT molecular complexity index is 1030. The van der Waals surface area contributed by atoms with Gasteiger partial charge in [-0.25, -0.2) is 0 Å². The van der Waals surface area contributed by atoms with Gasteiger partial charge in [-0.1, -0.05) is 41.4 Å². The first kappa shape index (κ1) is 19.1. The van der Waals surface area contributed by atoms with Crippen LogP contribution in [0.5, 0.6) is 0 Å². The van der Waals surface area contributed by atoms with Crippen LogP contribution in [0.4, 0.5) is 5.69 Å². The van der Waals surface area contributed by atoms with Crippen molar-refractivity contribution in [3.05, 3.63) is 87.2 Å². The smallest absolute Gasteiger partial charge is 0.256 e. The number of rotatable bonds is 5. The third-order valence-electron chi connectivity index (χ3n) is 5.02. The molecule has 1 aromatic heterocycles. The maximum atomic E-state index is 12.5. The number of aromatic nitrogens is 1. The van der Waals surface area contributed by atoms with E-state index in [2.05, 4.69) is 29.8 Å². The molecule has 0 spiro atoms. The minimum Gasteiger partial charge on any atom is -0.354 e. The second kappa shape index (κ2) is 7.63. The third kappa shape index (κ3) is 3.95. The fourth-order valence-corrected chi connectivity index (χ4v) is 3.78. The van der Waals surface area contributed by atoms with Gasteiger partial charge < -0.3 is 14.6 Å². The van der Waals surface area contributed by atoms with Crippen molar-refractivity contribution in [1.29, 1.82) is 0 Å².